The van der Waals surface area contributed by atoms with E-state index in [1.807, 2.05) is 0 Å². The standard InChI is InChI=1S/C11H19N5O4/c1-7(9-12-6-13-16-9)14-11(19)15-8(10(17)18)4-3-5-20-2/h6-8H,3-5H2,1-2H3,(H,17,18)(H,12,13,16)(H2,14,15,19). The zero-order chi connectivity index (χ0) is 15.0. The Morgan fingerprint density at radius 2 is 2.25 bits per heavy atom. The number of urea groups is 1. The lowest BCUT2D eigenvalue weighted by Crippen LogP contribution is -2.46. The monoisotopic (exact) mass is 285 g/mol. The molecule has 2 atom stereocenters. The Morgan fingerprint density at radius 3 is 2.80 bits per heavy atom. The number of aliphatic carboxylic acids is 1. The Morgan fingerprint density at radius 1 is 1.50 bits per heavy atom. The van der Waals surface area contributed by atoms with E-state index in [0.29, 0.717) is 25.3 Å². The summed E-state index contributed by atoms with van der Waals surface area (Å²) in [6, 6.07) is -1.92. The number of rotatable bonds is 8. The lowest BCUT2D eigenvalue weighted by atomic mass is 10.1. The van der Waals surface area contributed by atoms with Gasteiger partial charge in [-0.25, -0.2) is 14.6 Å². The van der Waals surface area contributed by atoms with Gasteiger partial charge in [-0.05, 0) is 19.8 Å². The molecular weight excluding hydrogens is 266 g/mol. The van der Waals surface area contributed by atoms with Crippen molar-refractivity contribution in [3.8, 4) is 0 Å². The molecule has 2 unspecified atom stereocenters. The number of hydrogen-bond donors (Lipinski definition) is 4. The third-order valence-corrected chi connectivity index (χ3v) is 2.64. The third-order valence-electron chi connectivity index (χ3n) is 2.64. The summed E-state index contributed by atoms with van der Waals surface area (Å²) in [5.74, 6) is -0.588. The molecule has 0 saturated heterocycles. The zero-order valence-corrected chi connectivity index (χ0v) is 11.4. The first-order valence-corrected chi connectivity index (χ1v) is 6.18. The first-order valence-electron chi connectivity index (χ1n) is 6.18. The molecule has 4 N–H and O–H groups in total. The maximum Gasteiger partial charge on any atom is 0.326 e. The minimum absolute atomic E-state index is 0.299. The van der Waals surface area contributed by atoms with E-state index in [1.54, 1.807) is 6.92 Å². The maximum atomic E-state index is 11.7. The molecule has 1 aromatic rings. The number of carboxylic acids is 1. The van der Waals surface area contributed by atoms with Crippen molar-refractivity contribution in [2.45, 2.75) is 31.8 Å². The molecule has 0 radical (unpaired) electrons. The average Bonchev–Trinajstić information content (AvgIpc) is 2.91. The molecule has 20 heavy (non-hydrogen) atoms. The summed E-state index contributed by atoms with van der Waals surface area (Å²) in [5, 5.41) is 20.3. The molecule has 2 amide bonds. The highest BCUT2D eigenvalue weighted by atomic mass is 16.5. The molecular formula is C11H19N5O4. The SMILES string of the molecule is COCCCC(NC(=O)NC(C)c1ncn[nH]1)C(=O)O. The average molecular weight is 285 g/mol. The van der Waals surface area contributed by atoms with E-state index in [-0.39, 0.29) is 0 Å². The van der Waals surface area contributed by atoms with Crippen LogP contribution in [0.4, 0.5) is 4.79 Å². The van der Waals surface area contributed by atoms with E-state index >= 15 is 0 Å². The molecule has 0 spiro atoms. The number of carboxylic acid groups (broad SMARTS) is 1. The molecule has 0 bridgehead atoms. The second kappa shape index (κ2) is 8.10. The van der Waals surface area contributed by atoms with Crippen LogP contribution >= 0.6 is 0 Å². The molecule has 112 valence electrons. The zero-order valence-electron chi connectivity index (χ0n) is 11.4. The van der Waals surface area contributed by atoms with Crippen LogP contribution in [0.2, 0.25) is 0 Å². The summed E-state index contributed by atoms with van der Waals surface area (Å²) >= 11 is 0. The van der Waals surface area contributed by atoms with E-state index < -0.39 is 24.1 Å². The predicted octanol–water partition coefficient (Wildman–Crippen LogP) is 0.0447. The van der Waals surface area contributed by atoms with Crippen molar-refractivity contribution in [2.75, 3.05) is 13.7 Å². The fourth-order valence-corrected chi connectivity index (χ4v) is 1.58. The maximum absolute atomic E-state index is 11.7. The Bertz CT molecular complexity index is 422. The number of H-pyrrole nitrogens is 1. The van der Waals surface area contributed by atoms with Gasteiger partial charge in [0.2, 0.25) is 0 Å². The summed E-state index contributed by atoms with van der Waals surface area (Å²) in [7, 11) is 1.54. The number of methoxy groups -OCH3 is 1. The van der Waals surface area contributed by atoms with E-state index in [2.05, 4.69) is 25.8 Å². The number of aromatic amines is 1. The summed E-state index contributed by atoms with van der Waals surface area (Å²) in [6.07, 6.45) is 2.18. The van der Waals surface area contributed by atoms with Gasteiger partial charge in [0.15, 0.2) is 0 Å². The van der Waals surface area contributed by atoms with Gasteiger partial charge in [0.1, 0.15) is 18.2 Å². The fourth-order valence-electron chi connectivity index (χ4n) is 1.58. The van der Waals surface area contributed by atoms with Gasteiger partial charge in [-0.1, -0.05) is 0 Å². The third kappa shape index (κ3) is 5.22. The number of amides is 2. The van der Waals surface area contributed by atoms with Crippen LogP contribution in [-0.4, -0.2) is 52.0 Å². The normalized spacial score (nSPS) is 13.5. The molecule has 1 rings (SSSR count). The van der Waals surface area contributed by atoms with Gasteiger partial charge in [-0.2, -0.15) is 5.10 Å². The fraction of sp³-hybridized carbons (Fsp3) is 0.636. The molecule has 1 aromatic heterocycles. The topological polar surface area (TPSA) is 129 Å². The van der Waals surface area contributed by atoms with Crippen molar-refractivity contribution in [2.24, 2.45) is 0 Å². The second-order valence-electron chi connectivity index (χ2n) is 4.24. The van der Waals surface area contributed by atoms with Gasteiger partial charge in [0.25, 0.3) is 0 Å². The van der Waals surface area contributed by atoms with Crippen molar-refractivity contribution in [3.63, 3.8) is 0 Å². The lowest BCUT2D eigenvalue weighted by Gasteiger charge is -2.17. The molecule has 0 aliphatic heterocycles. The van der Waals surface area contributed by atoms with E-state index in [9.17, 15) is 9.59 Å². The number of ether oxygens (including phenoxy) is 1. The van der Waals surface area contributed by atoms with Crippen LogP contribution in [0.5, 0.6) is 0 Å². The first kappa shape index (κ1) is 15.9. The van der Waals surface area contributed by atoms with Crippen LogP contribution in [0.1, 0.15) is 31.6 Å². The molecule has 9 heteroatoms. The summed E-state index contributed by atoms with van der Waals surface area (Å²) in [5.41, 5.74) is 0. The highest BCUT2D eigenvalue weighted by Gasteiger charge is 2.20. The minimum Gasteiger partial charge on any atom is -0.480 e. The van der Waals surface area contributed by atoms with Crippen molar-refractivity contribution in [1.29, 1.82) is 0 Å². The van der Waals surface area contributed by atoms with Crippen LogP contribution in [0.15, 0.2) is 6.33 Å². The number of aromatic nitrogens is 3. The van der Waals surface area contributed by atoms with E-state index in [4.69, 9.17) is 9.84 Å². The Labute approximate surface area is 116 Å². The van der Waals surface area contributed by atoms with E-state index in [1.165, 1.54) is 13.4 Å². The number of hydrogen-bond acceptors (Lipinski definition) is 5. The largest absolute Gasteiger partial charge is 0.480 e. The molecule has 1 heterocycles. The Balaban J connectivity index is 2.43. The van der Waals surface area contributed by atoms with Crippen LogP contribution in [0, 0.1) is 0 Å². The van der Waals surface area contributed by atoms with Gasteiger partial charge >= 0.3 is 12.0 Å². The molecule has 0 fully saturated rings. The molecule has 0 aliphatic rings. The first-order chi connectivity index (χ1) is 9.54. The van der Waals surface area contributed by atoms with Crippen LogP contribution < -0.4 is 10.6 Å². The Kier molecular flexibility index (Phi) is 6.44. The van der Waals surface area contributed by atoms with Gasteiger partial charge < -0.3 is 20.5 Å². The number of nitrogens with zero attached hydrogens (tertiary/aromatic N) is 2. The molecule has 9 nitrogen and oxygen atoms in total. The minimum atomic E-state index is -1.08. The summed E-state index contributed by atoms with van der Waals surface area (Å²) in [6.45, 7) is 2.16. The van der Waals surface area contributed by atoms with Crippen molar-refractivity contribution < 1.29 is 19.4 Å². The molecule has 0 aromatic carbocycles. The number of carbonyl (C=O) groups is 2. The quantitative estimate of drug-likeness (QED) is 0.499. The van der Waals surface area contributed by atoms with Crippen molar-refractivity contribution in [1.82, 2.24) is 25.8 Å². The van der Waals surface area contributed by atoms with Gasteiger partial charge in [0, 0.05) is 13.7 Å². The second-order valence-corrected chi connectivity index (χ2v) is 4.24. The van der Waals surface area contributed by atoms with Crippen LogP contribution in [0.3, 0.4) is 0 Å². The Hall–Kier alpha value is -2.16. The van der Waals surface area contributed by atoms with Crippen molar-refractivity contribution >= 4 is 12.0 Å². The van der Waals surface area contributed by atoms with Crippen LogP contribution in [-0.2, 0) is 9.53 Å². The van der Waals surface area contributed by atoms with Crippen molar-refractivity contribution in [3.05, 3.63) is 12.2 Å². The highest BCUT2D eigenvalue weighted by molar-refractivity contribution is 5.82. The lowest BCUT2D eigenvalue weighted by molar-refractivity contribution is -0.139. The molecule has 0 saturated carbocycles. The number of carbonyl (C=O) groups excluding carboxylic acids is 1. The van der Waals surface area contributed by atoms with Gasteiger partial charge in [0.05, 0.1) is 6.04 Å². The summed E-state index contributed by atoms with van der Waals surface area (Å²) < 4.78 is 4.85. The van der Waals surface area contributed by atoms with Gasteiger partial charge in [-0.3, -0.25) is 5.10 Å². The molecule has 0 aliphatic carbocycles. The smallest absolute Gasteiger partial charge is 0.326 e. The van der Waals surface area contributed by atoms with Gasteiger partial charge in [-0.15, -0.1) is 0 Å². The predicted molar refractivity (Wildman–Crippen MR) is 69.0 cm³/mol. The van der Waals surface area contributed by atoms with Crippen LogP contribution in [0.25, 0.3) is 0 Å². The van der Waals surface area contributed by atoms with E-state index in [0.717, 1.165) is 0 Å². The highest BCUT2D eigenvalue weighted by Crippen LogP contribution is 2.04. The number of nitrogens with one attached hydrogen (secondary N) is 3. The summed E-state index contributed by atoms with van der Waals surface area (Å²) in [4.78, 5) is 26.7.